The van der Waals surface area contributed by atoms with Crippen LogP contribution in [0.25, 0.3) is 0 Å². The molecule has 96 valence electrons. The van der Waals surface area contributed by atoms with Crippen molar-refractivity contribution in [1.29, 1.82) is 0 Å². The van der Waals surface area contributed by atoms with E-state index in [1.807, 2.05) is 17.9 Å². The zero-order chi connectivity index (χ0) is 12.3. The molecule has 0 saturated carbocycles. The van der Waals surface area contributed by atoms with E-state index in [2.05, 4.69) is 35.4 Å². The first-order valence-electron chi connectivity index (χ1n) is 6.68. The van der Waals surface area contributed by atoms with E-state index in [9.17, 15) is 0 Å². The van der Waals surface area contributed by atoms with Crippen LogP contribution in [0, 0.1) is 0 Å². The standard InChI is InChI=1S/C13H24N4/c1-4-13(5-2)11-17(8-6-7-14-13)12-9-15-16(3)10-12/h9-10,14H,4-8,11H2,1-3H3. The maximum Gasteiger partial charge on any atom is 0.0753 e. The van der Waals surface area contributed by atoms with Crippen molar-refractivity contribution in [2.45, 2.75) is 38.6 Å². The predicted molar refractivity (Wildman–Crippen MR) is 71.4 cm³/mol. The fraction of sp³-hybridized carbons (Fsp3) is 0.769. The van der Waals surface area contributed by atoms with Gasteiger partial charge >= 0.3 is 0 Å². The molecule has 0 aromatic carbocycles. The number of anilines is 1. The van der Waals surface area contributed by atoms with Crippen molar-refractivity contribution >= 4 is 5.69 Å². The van der Waals surface area contributed by atoms with Gasteiger partial charge in [-0.15, -0.1) is 0 Å². The van der Waals surface area contributed by atoms with Crippen molar-refractivity contribution < 1.29 is 0 Å². The summed E-state index contributed by atoms with van der Waals surface area (Å²) in [5.41, 5.74) is 1.52. The first kappa shape index (κ1) is 12.4. The molecule has 0 amide bonds. The summed E-state index contributed by atoms with van der Waals surface area (Å²) in [4.78, 5) is 2.47. The van der Waals surface area contributed by atoms with Gasteiger partial charge in [0.25, 0.3) is 0 Å². The third-order valence-electron chi connectivity index (χ3n) is 4.01. The van der Waals surface area contributed by atoms with E-state index in [4.69, 9.17) is 0 Å². The second kappa shape index (κ2) is 5.08. The van der Waals surface area contributed by atoms with Crippen molar-refractivity contribution in [3.8, 4) is 0 Å². The van der Waals surface area contributed by atoms with Crippen LogP contribution in [0.1, 0.15) is 33.1 Å². The van der Waals surface area contributed by atoms with Crippen molar-refractivity contribution in [3.05, 3.63) is 12.4 Å². The minimum atomic E-state index is 0.270. The maximum absolute atomic E-state index is 4.28. The van der Waals surface area contributed by atoms with Crippen LogP contribution in [-0.2, 0) is 7.05 Å². The quantitative estimate of drug-likeness (QED) is 0.868. The van der Waals surface area contributed by atoms with Crippen LogP contribution in [0.4, 0.5) is 5.69 Å². The molecule has 4 nitrogen and oxygen atoms in total. The summed E-state index contributed by atoms with van der Waals surface area (Å²) in [6.45, 7) is 7.90. The highest BCUT2D eigenvalue weighted by molar-refractivity contribution is 5.43. The number of rotatable bonds is 3. The molecule has 1 aliphatic rings. The fourth-order valence-electron chi connectivity index (χ4n) is 2.64. The van der Waals surface area contributed by atoms with Crippen LogP contribution < -0.4 is 10.2 Å². The Bertz CT molecular complexity index is 354. The van der Waals surface area contributed by atoms with Crippen LogP contribution in [0.5, 0.6) is 0 Å². The second-order valence-corrected chi connectivity index (χ2v) is 5.06. The molecule has 1 fully saturated rings. The maximum atomic E-state index is 4.28. The van der Waals surface area contributed by atoms with Gasteiger partial charge in [0.05, 0.1) is 11.9 Å². The van der Waals surface area contributed by atoms with E-state index in [0.29, 0.717) is 0 Å². The summed E-state index contributed by atoms with van der Waals surface area (Å²) in [5, 5.41) is 8.01. The van der Waals surface area contributed by atoms with Gasteiger partial charge in [0, 0.05) is 31.9 Å². The number of aromatic nitrogens is 2. The third-order valence-corrected chi connectivity index (χ3v) is 4.01. The molecular formula is C13H24N4. The molecule has 1 N–H and O–H groups in total. The molecule has 1 aliphatic heterocycles. The Morgan fingerprint density at radius 2 is 2.18 bits per heavy atom. The molecular weight excluding hydrogens is 212 g/mol. The topological polar surface area (TPSA) is 33.1 Å². The molecule has 2 heterocycles. The minimum absolute atomic E-state index is 0.270. The molecule has 0 radical (unpaired) electrons. The highest BCUT2D eigenvalue weighted by atomic mass is 15.3. The molecule has 4 heteroatoms. The van der Waals surface area contributed by atoms with Gasteiger partial charge in [0.1, 0.15) is 0 Å². The van der Waals surface area contributed by atoms with Crippen LogP contribution in [-0.4, -0.2) is 35.0 Å². The minimum Gasteiger partial charge on any atom is -0.367 e. The van der Waals surface area contributed by atoms with Gasteiger partial charge < -0.3 is 10.2 Å². The molecule has 1 aromatic rings. The molecule has 0 aliphatic carbocycles. The number of nitrogens with one attached hydrogen (secondary N) is 1. The van der Waals surface area contributed by atoms with Crippen molar-refractivity contribution in [2.75, 3.05) is 24.5 Å². The van der Waals surface area contributed by atoms with E-state index < -0.39 is 0 Å². The van der Waals surface area contributed by atoms with E-state index in [1.54, 1.807) is 0 Å². The second-order valence-electron chi connectivity index (χ2n) is 5.06. The van der Waals surface area contributed by atoms with Crippen molar-refractivity contribution in [1.82, 2.24) is 15.1 Å². The summed E-state index contributed by atoms with van der Waals surface area (Å²) in [5.74, 6) is 0. The van der Waals surface area contributed by atoms with Crippen molar-refractivity contribution in [3.63, 3.8) is 0 Å². The van der Waals surface area contributed by atoms with Gasteiger partial charge in [-0.3, -0.25) is 4.68 Å². The Hall–Kier alpha value is -1.03. The fourth-order valence-corrected chi connectivity index (χ4v) is 2.64. The summed E-state index contributed by atoms with van der Waals surface area (Å²) < 4.78 is 1.88. The number of hydrogen-bond acceptors (Lipinski definition) is 3. The summed E-state index contributed by atoms with van der Waals surface area (Å²) in [6, 6.07) is 0. The SMILES string of the molecule is CCC1(CC)CN(c2cnn(C)c2)CCCN1. The molecule has 0 atom stereocenters. The van der Waals surface area contributed by atoms with E-state index >= 15 is 0 Å². The van der Waals surface area contributed by atoms with Gasteiger partial charge in [0.2, 0.25) is 0 Å². The highest BCUT2D eigenvalue weighted by Gasteiger charge is 2.30. The summed E-state index contributed by atoms with van der Waals surface area (Å²) >= 11 is 0. The van der Waals surface area contributed by atoms with Gasteiger partial charge in [-0.2, -0.15) is 5.10 Å². The van der Waals surface area contributed by atoms with Crippen molar-refractivity contribution in [2.24, 2.45) is 7.05 Å². The van der Waals surface area contributed by atoms with Crippen LogP contribution in [0.2, 0.25) is 0 Å². The lowest BCUT2D eigenvalue weighted by Gasteiger charge is -2.35. The number of nitrogens with zero attached hydrogens (tertiary/aromatic N) is 3. The van der Waals surface area contributed by atoms with Gasteiger partial charge in [0.15, 0.2) is 0 Å². The smallest absolute Gasteiger partial charge is 0.0753 e. The Morgan fingerprint density at radius 3 is 2.76 bits per heavy atom. The normalized spacial score (nSPS) is 20.3. The molecule has 0 spiro atoms. The third kappa shape index (κ3) is 2.63. The molecule has 2 rings (SSSR count). The summed E-state index contributed by atoms with van der Waals surface area (Å²) in [6.07, 6.45) is 7.65. The molecule has 17 heavy (non-hydrogen) atoms. The van der Waals surface area contributed by atoms with Crippen LogP contribution >= 0.6 is 0 Å². The zero-order valence-corrected chi connectivity index (χ0v) is 11.2. The number of aryl methyl sites for hydroxylation is 1. The lowest BCUT2D eigenvalue weighted by atomic mass is 9.92. The van der Waals surface area contributed by atoms with E-state index in [1.165, 1.54) is 24.9 Å². The lowest BCUT2D eigenvalue weighted by Crippen LogP contribution is -2.50. The molecule has 0 bridgehead atoms. The zero-order valence-electron chi connectivity index (χ0n) is 11.2. The molecule has 1 aromatic heterocycles. The average molecular weight is 236 g/mol. The monoisotopic (exact) mass is 236 g/mol. The molecule has 1 saturated heterocycles. The first-order chi connectivity index (χ1) is 8.19. The van der Waals surface area contributed by atoms with Gasteiger partial charge in [-0.1, -0.05) is 13.8 Å². The lowest BCUT2D eigenvalue weighted by molar-refractivity contribution is 0.321. The predicted octanol–water partition coefficient (Wildman–Crippen LogP) is 1.78. The Morgan fingerprint density at radius 1 is 1.41 bits per heavy atom. The van der Waals surface area contributed by atoms with Gasteiger partial charge in [-0.05, 0) is 25.8 Å². The Labute approximate surface area is 104 Å². The first-order valence-corrected chi connectivity index (χ1v) is 6.68. The average Bonchev–Trinajstić information content (AvgIpc) is 2.66. The number of hydrogen-bond donors (Lipinski definition) is 1. The van der Waals surface area contributed by atoms with Crippen LogP contribution in [0.3, 0.4) is 0 Å². The van der Waals surface area contributed by atoms with Crippen LogP contribution in [0.15, 0.2) is 12.4 Å². The largest absolute Gasteiger partial charge is 0.367 e. The highest BCUT2D eigenvalue weighted by Crippen LogP contribution is 2.23. The molecule has 0 unspecified atom stereocenters. The Kier molecular flexibility index (Phi) is 3.72. The Balaban J connectivity index is 2.17. The van der Waals surface area contributed by atoms with E-state index in [0.717, 1.165) is 19.6 Å². The van der Waals surface area contributed by atoms with E-state index in [-0.39, 0.29) is 5.54 Å². The van der Waals surface area contributed by atoms with Gasteiger partial charge in [-0.25, -0.2) is 0 Å². The summed E-state index contributed by atoms with van der Waals surface area (Å²) in [7, 11) is 1.98.